The van der Waals surface area contributed by atoms with Crippen LogP contribution in [0.3, 0.4) is 0 Å². The molecule has 1 heterocycles. The first-order valence-corrected chi connectivity index (χ1v) is 7.20. The molecule has 2 N–H and O–H groups in total. The van der Waals surface area contributed by atoms with Crippen LogP contribution in [0.1, 0.15) is 6.42 Å². The molecule has 0 aromatic heterocycles. The number of nitrogens with zero attached hydrogens (tertiary/aromatic N) is 1. The predicted molar refractivity (Wildman–Crippen MR) is 67.5 cm³/mol. The van der Waals surface area contributed by atoms with E-state index in [9.17, 15) is 13.2 Å². The van der Waals surface area contributed by atoms with Gasteiger partial charge in [0.15, 0.2) is 0 Å². The van der Waals surface area contributed by atoms with Gasteiger partial charge in [-0.1, -0.05) is 0 Å². The van der Waals surface area contributed by atoms with Gasteiger partial charge in [-0.25, -0.2) is 0 Å². The molecular formula is C11H14N2O4S. The van der Waals surface area contributed by atoms with Crippen molar-refractivity contribution >= 4 is 27.4 Å². The van der Waals surface area contributed by atoms with Crippen molar-refractivity contribution in [1.29, 1.82) is 0 Å². The minimum Gasteiger partial charge on any atom is -0.399 e. The summed E-state index contributed by atoms with van der Waals surface area (Å²) in [7, 11) is -3.48. The highest BCUT2D eigenvalue weighted by molar-refractivity contribution is 7.85. The summed E-state index contributed by atoms with van der Waals surface area (Å²) >= 11 is 0. The zero-order valence-electron chi connectivity index (χ0n) is 9.87. The van der Waals surface area contributed by atoms with E-state index in [1.807, 2.05) is 0 Å². The highest BCUT2D eigenvalue weighted by Crippen LogP contribution is 2.28. The lowest BCUT2D eigenvalue weighted by Crippen LogP contribution is -2.55. The summed E-state index contributed by atoms with van der Waals surface area (Å²) < 4.78 is 26.5. The summed E-state index contributed by atoms with van der Waals surface area (Å²) in [6, 6.07) is 6.58. The molecule has 0 saturated carbocycles. The molecule has 1 amide bonds. The SMILES string of the molecule is CS(=O)(=O)OCC1CC(=O)N1c1ccc(N)cc1. The van der Waals surface area contributed by atoms with Crippen molar-refractivity contribution in [3.8, 4) is 0 Å². The van der Waals surface area contributed by atoms with Gasteiger partial charge in [0, 0.05) is 11.4 Å². The Hall–Kier alpha value is -1.60. The molecule has 0 bridgehead atoms. The van der Waals surface area contributed by atoms with Gasteiger partial charge in [-0.2, -0.15) is 8.42 Å². The number of nitrogens with two attached hydrogens (primary N) is 1. The minimum atomic E-state index is -3.48. The Kier molecular flexibility index (Phi) is 3.27. The molecule has 0 spiro atoms. The summed E-state index contributed by atoms with van der Waals surface area (Å²) in [5, 5.41) is 0. The van der Waals surface area contributed by atoms with Gasteiger partial charge in [-0.3, -0.25) is 8.98 Å². The van der Waals surface area contributed by atoms with E-state index in [4.69, 9.17) is 9.92 Å². The number of hydrogen-bond acceptors (Lipinski definition) is 5. The highest BCUT2D eigenvalue weighted by Gasteiger charge is 2.37. The van der Waals surface area contributed by atoms with Crippen LogP contribution in [-0.4, -0.2) is 33.2 Å². The van der Waals surface area contributed by atoms with E-state index in [1.165, 1.54) is 4.90 Å². The summed E-state index contributed by atoms with van der Waals surface area (Å²) in [6.07, 6.45) is 1.28. The van der Waals surface area contributed by atoms with Crippen molar-refractivity contribution in [2.24, 2.45) is 0 Å². The van der Waals surface area contributed by atoms with Crippen molar-refractivity contribution in [2.75, 3.05) is 23.5 Å². The Labute approximate surface area is 105 Å². The second kappa shape index (κ2) is 4.58. The van der Waals surface area contributed by atoms with E-state index >= 15 is 0 Å². The summed E-state index contributed by atoms with van der Waals surface area (Å²) in [5.74, 6) is -0.0538. The molecule has 1 aromatic rings. The second-order valence-corrected chi connectivity index (χ2v) is 5.85. The van der Waals surface area contributed by atoms with Crippen molar-refractivity contribution in [3.05, 3.63) is 24.3 Å². The third kappa shape index (κ3) is 2.80. The Morgan fingerprint density at radius 3 is 2.50 bits per heavy atom. The van der Waals surface area contributed by atoms with E-state index in [-0.39, 0.29) is 18.6 Å². The Balaban J connectivity index is 2.07. The fourth-order valence-electron chi connectivity index (χ4n) is 1.81. The van der Waals surface area contributed by atoms with Crippen LogP contribution < -0.4 is 10.6 Å². The van der Waals surface area contributed by atoms with E-state index in [0.717, 1.165) is 6.26 Å². The Morgan fingerprint density at radius 1 is 1.39 bits per heavy atom. The molecule has 0 aliphatic carbocycles. The molecule has 98 valence electrons. The first-order valence-electron chi connectivity index (χ1n) is 5.39. The van der Waals surface area contributed by atoms with Gasteiger partial charge >= 0.3 is 0 Å². The summed E-state index contributed by atoms with van der Waals surface area (Å²) in [4.78, 5) is 13.1. The third-order valence-electron chi connectivity index (χ3n) is 2.69. The smallest absolute Gasteiger partial charge is 0.264 e. The number of benzene rings is 1. The number of β-lactam (4-membered cyclic amide) rings is 1. The number of hydrogen-bond donors (Lipinski definition) is 1. The molecule has 1 fully saturated rings. The Bertz CT molecular complexity index is 553. The van der Waals surface area contributed by atoms with E-state index in [1.54, 1.807) is 24.3 Å². The maximum atomic E-state index is 11.5. The van der Waals surface area contributed by atoms with Gasteiger partial charge in [0.1, 0.15) is 0 Å². The van der Waals surface area contributed by atoms with Crippen LogP contribution in [-0.2, 0) is 19.1 Å². The summed E-state index contributed by atoms with van der Waals surface area (Å²) in [6.45, 7) is -0.0189. The molecule has 1 atom stereocenters. The number of nitrogen functional groups attached to an aromatic ring is 1. The lowest BCUT2D eigenvalue weighted by Gasteiger charge is -2.39. The van der Waals surface area contributed by atoms with Crippen LogP contribution in [0, 0.1) is 0 Å². The molecule has 1 aliphatic rings. The molecule has 7 heteroatoms. The quantitative estimate of drug-likeness (QED) is 0.484. The fraction of sp³-hybridized carbons (Fsp3) is 0.364. The van der Waals surface area contributed by atoms with Crippen LogP contribution in [0.25, 0.3) is 0 Å². The molecule has 1 unspecified atom stereocenters. The highest BCUT2D eigenvalue weighted by atomic mass is 32.2. The summed E-state index contributed by atoms with van der Waals surface area (Å²) in [5.41, 5.74) is 6.87. The number of anilines is 2. The maximum Gasteiger partial charge on any atom is 0.264 e. The van der Waals surface area contributed by atoms with Crippen LogP contribution in [0.2, 0.25) is 0 Å². The molecular weight excluding hydrogens is 256 g/mol. The van der Waals surface area contributed by atoms with Crippen LogP contribution in [0.4, 0.5) is 11.4 Å². The molecule has 1 aliphatic heterocycles. The topological polar surface area (TPSA) is 89.7 Å². The molecule has 1 aromatic carbocycles. The predicted octanol–water partition coefficient (Wildman–Crippen LogP) is 0.350. The van der Waals surface area contributed by atoms with E-state index in [0.29, 0.717) is 17.8 Å². The normalized spacial score (nSPS) is 19.7. The van der Waals surface area contributed by atoms with E-state index in [2.05, 4.69) is 0 Å². The fourth-order valence-corrected chi connectivity index (χ4v) is 2.21. The average Bonchev–Trinajstić information content (AvgIpc) is 2.26. The van der Waals surface area contributed by atoms with Gasteiger partial charge in [0.2, 0.25) is 5.91 Å². The van der Waals surface area contributed by atoms with Crippen molar-refractivity contribution in [2.45, 2.75) is 12.5 Å². The first kappa shape index (κ1) is 12.8. The van der Waals surface area contributed by atoms with Crippen molar-refractivity contribution in [3.63, 3.8) is 0 Å². The number of amides is 1. The monoisotopic (exact) mass is 270 g/mol. The molecule has 18 heavy (non-hydrogen) atoms. The average molecular weight is 270 g/mol. The van der Waals surface area contributed by atoms with Crippen molar-refractivity contribution < 1.29 is 17.4 Å². The maximum absolute atomic E-state index is 11.5. The second-order valence-electron chi connectivity index (χ2n) is 4.20. The molecule has 0 radical (unpaired) electrons. The van der Waals surface area contributed by atoms with E-state index < -0.39 is 10.1 Å². The zero-order valence-corrected chi connectivity index (χ0v) is 10.7. The van der Waals surface area contributed by atoms with Gasteiger partial charge in [0.25, 0.3) is 10.1 Å². The Morgan fingerprint density at radius 2 is 2.00 bits per heavy atom. The van der Waals surface area contributed by atoms with Crippen molar-refractivity contribution in [1.82, 2.24) is 0 Å². The van der Waals surface area contributed by atoms with Crippen LogP contribution in [0.5, 0.6) is 0 Å². The van der Waals surface area contributed by atoms with Gasteiger partial charge in [0.05, 0.1) is 25.3 Å². The number of carbonyl (C=O) groups excluding carboxylic acids is 1. The lowest BCUT2D eigenvalue weighted by atomic mass is 10.0. The van der Waals surface area contributed by atoms with Gasteiger partial charge in [-0.15, -0.1) is 0 Å². The standard InChI is InChI=1S/C11H14N2O4S/c1-18(15,16)17-7-10-6-11(14)13(10)9-4-2-8(12)3-5-9/h2-5,10H,6-7,12H2,1H3. The lowest BCUT2D eigenvalue weighted by molar-refractivity contribution is -0.124. The van der Waals surface area contributed by atoms with Crippen LogP contribution in [0.15, 0.2) is 24.3 Å². The largest absolute Gasteiger partial charge is 0.399 e. The zero-order chi connectivity index (χ0) is 13.3. The third-order valence-corrected chi connectivity index (χ3v) is 3.25. The number of carbonyl (C=O) groups is 1. The molecule has 2 rings (SSSR count). The minimum absolute atomic E-state index is 0.0189. The molecule has 6 nitrogen and oxygen atoms in total. The van der Waals surface area contributed by atoms with Crippen LogP contribution >= 0.6 is 0 Å². The first-order chi connectivity index (χ1) is 8.37. The van der Waals surface area contributed by atoms with Gasteiger partial charge < -0.3 is 10.6 Å². The molecule has 1 saturated heterocycles. The van der Waals surface area contributed by atoms with Gasteiger partial charge in [-0.05, 0) is 24.3 Å². The number of rotatable bonds is 4.